The largest absolute Gasteiger partial charge is 0.337 e. The molecule has 0 spiro atoms. The average molecular weight is 361 g/mol. The van der Waals surface area contributed by atoms with Crippen molar-refractivity contribution in [3.8, 4) is 0 Å². The van der Waals surface area contributed by atoms with Crippen molar-refractivity contribution in [3.05, 3.63) is 23.6 Å². The molecule has 0 radical (unpaired) electrons. The molecule has 0 saturated carbocycles. The molecule has 0 bridgehead atoms. The van der Waals surface area contributed by atoms with Crippen molar-refractivity contribution in [1.82, 2.24) is 35.4 Å². The summed E-state index contributed by atoms with van der Waals surface area (Å²) in [5.41, 5.74) is 0.649. The molecule has 10 heteroatoms. The van der Waals surface area contributed by atoms with Gasteiger partial charge in [0, 0.05) is 25.1 Å². The molecule has 10 nitrogen and oxygen atoms in total. The van der Waals surface area contributed by atoms with Crippen molar-refractivity contribution in [2.45, 2.75) is 59.2 Å². The lowest BCUT2D eigenvalue weighted by atomic mass is 10.1. The zero-order valence-corrected chi connectivity index (χ0v) is 15.3. The summed E-state index contributed by atoms with van der Waals surface area (Å²) in [6, 6.07) is -0.961. The van der Waals surface area contributed by atoms with Gasteiger partial charge >= 0.3 is 6.03 Å². The van der Waals surface area contributed by atoms with Crippen LogP contribution in [0.4, 0.5) is 4.79 Å². The molecule has 0 unspecified atom stereocenters. The zero-order chi connectivity index (χ0) is 18.8. The molecule has 26 heavy (non-hydrogen) atoms. The van der Waals surface area contributed by atoms with E-state index in [1.807, 2.05) is 27.7 Å². The maximum absolute atomic E-state index is 12.5. The van der Waals surface area contributed by atoms with E-state index in [-0.39, 0.29) is 30.8 Å². The fourth-order valence-electron chi connectivity index (χ4n) is 2.67. The van der Waals surface area contributed by atoms with E-state index in [9.17, 15) is 9.59 Å². The van der Waals surface area contributed by atoms with Crippen molar-refractivity contribution < 1.29 is 14.1 Å². The third-order valence-corrected chi connectivity index (χ3v) is 4.00. The molecule has 2 aromatic heterocycles. The Hall–Kier alpha value is -2.78. The number of imide groups is 1. The Morgan fingerprint density at radius 2 is 2.04 bits per heavy atom. The van der Waals surface area contributed by atoms with E-state index in [0.717, 1.165) is 4.90 Å². The Morgan fingerprint density at radius 1 is 1.27 bits per heavy atom. The number of hydrogen-bond donors (Lipinski definition) is 1. The van der Waals surface area contributed by atoms with Gasteiger partial charge in [-0.25, -0.2) is 9.48 Å². The maximum Gasteiger partial charge on any atom is 0.325 e. The SMILES string of the molecule is CC(C)Cc1noc(CN2C(=O)N[C@H](Cc3cn(C(C)C)nn3)C2=O)n1. The van der Waals surface area contributed by atoms with E-state index in [1.165, 1.54) is 0 Å². The molecule has 1 atom stereocenters. The lowest BCUT2D eigenvalue weighted by molar-refractivity contribution is -0.128. The van der Waals surface area contributed by atoms with Crippen LogP contribution >= 0.6 is 0 Å². The highest BCUT2D eigenvalue weighted by Gasteiger charge is 2.39. The molecule has 3 rings (SSSR count). The van der Waals surface area contributed by atoms with Gasteiger partial charge in [0.1, 0.15) is 12.6 Å². The van der Waals surface area contributed by atoms with E-state index in [0.29, 0.717) is 23.9 Å². The van der Waals surface area contributed by atoms with Crippen molar-refractivity contribution in [2.24, 2.45) is 5.92 Å². The molecule has 1 aliphatic rings. The van der Waals surface area contributed by atoms with Crippen LogP contribution in [0.5, 0.6) is 0 Å². The van der Waals surface area contributed by atoms with Gasteiger partial charge in [-0.2, -0.15) is 4.98 Å². The number of amides is 3. The summed E-state index contributed by atoms with van der Waals surface area (Å²) < 4.78 is 6.86. The van der Waals surface area contributed by atoms with Crippen molar-refractivity contribution >= 4 is 11.9 Å². The molecule has 0 aliphatic carbocycles. The number of nitrogens with one attached hydrogen (secondary N) is 1. The van der Waals surface area contributed by atoms with Gasteiger partial charge in [-0.3, -0.25) is 9.69 Å². The van der Waals surface area contributed by atoms with Gasteiger partial charge in [-0.05, 0) is 19.8 Å². The van der Waals surface area contributed by atoms with Gasteiger partial charge in [0.25, 0.3) is 5.91 Å². The maximum atomic E-state index is 12.5. The normalized spacial score (nSPS) is 17.6. The molecule has 1 fully saturated rings. The van der Waals surface area contributed by atoms with Crippen LogP contribution in [0, 0.1) is 5.92 Å². The zero-order valence-electron chi connectivity index (χ0n) is 15.3. The lowest BCUT2D eigenvalue weighted by Gasteiger charge is -2.09. The number of rotatable bonds is 7. The summed E-state index contributed by atoms with van der Waals surface area (Å²) in [7, 11) is 0. The van der Waals surface area contributed by atoms with Crippen LogP contribution < -0.4 is 5.32 Å². The number of urea groups is 1. The van der Waals surface area contributed by atoms with E-state index in [4.69, 9.17) is 4.52 Å². The first kappa shape index (κ1) is 18.0. The molecule has 1 N–H and O–H groups in total. The van der Waals surface area contributed by atoms with E-state index < -0.39 is 12.1 Å². The van der Waals surface area contributed by atoms with Gasteiger partial charge in [0.2, 0.25) is 5.89 Å². The topological polar surface area (TPSA) is 119 Å². The lowest BCUT2D eigenvalue weighted by Crippen LogP contribution is -2.32. The Bertz CT molecular complexity index is 795. The first-order chi connectivity index (χ1) is 12.3. The van der Waals surface area contributed by atoms with Gasteiger partial charge in [-0.15, -0.1) is 5.10 Å². The molecule has 1 saturated heterocycles. The molecule has 0 aromatic carbocycles. The monoisotopic (exact) mass is 361 g/mol. The highest BCUT2D eigenvalue weighted by atomic mass is 16.5. The van der Waals surface area contributed by atoms with Gasteiger partial charge < -0.3 is 9.84 Å². The number of aromatic nitrogens is 5. The smallest absolute Gasteiger partial charge is 0.325 e. The van der Waals surface area contributed by atoms with Crippen molar-refractivity contribution in [1.29, 1.82) is 0 Å². The second-order valence-electron chi connectivity index (χ2n) is 7.12. The van der Waals surface area contributed by atoms with Crippen LogP contribution in [0.15, 0.2) is 10.7 Å². The number of carbonyl (C=O) groups is 2. The summed E-state index contributed by atoms with van der Waals surface area (Å²) >= 11 is 0. The summed E-state index contributed by atoms with van der Waals surface area (Å²) in [5.74, 6) is 0.873. The van der Waals surface area contributed by atoms with Crippen LogP contribution in [-0.2, 0) is 24.2 Å². The van der Waals surface area contributed by atoms with Crippen LogP contribution in [0.1, 0.15) is 51.1 Å². The first-order valence-corrected chi connectivity index (χ1v) is 8.67. The quantitative estimate of drug-likeness (QED) is 0.733. The molecule has 3 amide bonds. The molecular formula is C16H23N7O3. The minimum absolute atomic E-state index is 0.0368. The van der Waals surface area contributed by atoms with Crippen LogP contribution in [0.3, 0.4) is 0 Å². The summed E-state index contributed by atoms with van der Waals surface area (Å²) in [4.78, 5) is 30.0. The molecule has 140 valence electrons. The fourth-order valence-corrected chi connectivity index (χ4v) is 2.67. The molecule has 2 aromatic rings. The van der Waals surface area contributed by atoms with E-state index in [1.54, 1.807) is 10.9 Å². The van der Waals surface area contributed by atoms with Gasteiger partial charge in [0.05, 0.1) is 5.69 Å². The molecular weight excluding hydrogens is 338 g/mol. The number of hydrogen-bond acceptors (Lipinski definition) is 7. The second kappa shape index (κ2) is 7.22. The summed E-state index contributed by atoms with van der Waals surface area (Å²) in [5, 5.41) is 14.6. The second-order valence-corrected chi connectivity index (χ2v) is 7.12. The molecule has 1 aliphatic heterocycles. The third-order valence-electron chi connectivity index (χ3n) is 4.00. The highest BCUT2D eigenvalue weighted by molar-refractivity contribution is 6.04. The van der Waals surface area contributed by atoms with Crippen LogP contribution in [0.2, 0.25) is 0 Å². The Morgan fingerprint density at radius 3 is 2.69 bits per heavy atom. The summed E-state index contributed by atoms with van der Waals surface area (Å²) in [6.07, 6.45) is 2.75. The number of carbonyl (C=O) groups excluding carboxylic acids is 2. The highest BCUT2D eigenvalue weighted by Crippen LogP contribution is 2.15. The molecule has 3 heterocycles. The summed E-state index contributed by atoms with van der Waals surface area (Å²) in [6.45, 7) is 8.04. The minimum Gasteiger partial charge on any atom is -0.337 e. The standard InChI is InChI=1S/C16H23N7O3/c1-9(2)5-13-18-14(26-20-13)8-22-15(24)12(17-16(22)25)6-11-7-23(10(3)4)21-19-11/h7,9-10,12H,5-6,8H2,1-4H3,(H,17,25)/t12-/m1/s1. The van der Waals surface area contributed by atoms with E-state index >= 15 is 0 Å². The van der Waals surface area contributed by atoms with Crippen molar-refractivity contribution in [2.75, 3.05) is 0 Å². The third kappa shape index (κ3) is 3.89. The van der Waals surface area contributed by atoms with Crippen molar-refractivity contribution in [3.63, 3.8) is 0 Å². The van der Waals surface area contributed by atoms with Crippen LogP contribution in [-0.4, -0.2) is 48.0 Å². The fraction of sp³-hybridized carbons (Fsp3) is 0.625. The number of nitrogens with zero attached hydrogens (tertiary/aromatic N) is 6. The Labute approximate surface area is 150 Å². The predicted octanol–water partition coefficient (Wildman–Crippen LogP) is 1.10. The van der Waals surface area contributed by atoms with E-state index in [2.05, 4.69) is 25.8 Å². The van der Waals surface area contributed by atoms with Gasteiger partial charge in [-0.1, -0.05) is 24.2 Å². The Balaban J connectivity index is 1.63. The predicted molar refractivity (Wildman–Crippen MR) is 89.8 cm³/mol. The Kier molecular flexibility index (Phi) is 5.01. The van der Waals surface area contributed by atoms with Gasteiger partial charge in [0.15, 0.2) is 5.82 Å². The van der Waals surface area contributed by atoms with Crippen LogP contribution in [0.25, 0.3) is 0 Å². The first-order valence-electron chi connectivity index (χ1n) is 8.67. The average Bonchev–Trinajstić information content (AvgIpc) is 3.25. The minimum atomic E-state index is -0.669.